The molecule has 1 aliphatic heterocycles. The summed E-state index contributed by atoms with van der Waals surface area (Å²) in [6.07, 6.45) is 3.54. The number of nitrogens with zero attached hydrogens (tertiary/aromatic N) is 2. The van der Waals surface area contributed by atoms with Crippen molar-refractivity contribution >= 4 is 34.9 Å². The first-order valence-electron chi connectivity index (χ1n) is 8.63. The fourth-order valence-electron chi connectivity index (χ4n) is 2.81. The minimum absolute atomic E-state index is 0.232. The molecule has 26 heavy (non-hydrogen) atoms. The van der Waals surface area contributed by atoms with Gasteiger partial charge in [-0.15, -0.1) is 0 Å². The van der Waals surface area contributed by atoms with E-state index in [0.29, 0.717) is 22.3 Å². The number of carbonyl (C=O) groups excluding carboxylic acids is 1. The van der Waals surface area contributed by atoms with Gasteiger partial charge < -0.3 is 15.0 Å². The van der Waals surface area contributed by atoms with Crippen LogP contribution in [0.5, 0.6) is 5.75 Å². The van der Waals surface area contributed by atoms with Crippen LogP contribution in [0, 0.1) is 0 Å². The highest BCUT2D eigenvalue weighted by Gasteiger charge is 2.17. The lowest BCUT2D eigenvalue weighted by Crippen LogP contribution is -2.36. The highest BCUT2D eigenvalue weighted by Crippen LogP contribution is 2.32. The monoisotopic (exact) mass is 393 g/mol. The van der Waals surface area contributed by atoms with Crippen LogP contribution in [0.3, 0.4) is 0 Å². The SMILES string of the molecule is C[C@@H](Oc1cccc(Cl)c1Cl)C(=O)NCc1ccc(N2CCCC2)nc1. The molecule has 2 heterocycles. The van der Waals surface area contributed by atoms with Crippen LogP contribution in [-0.2, 0) is 11.3 Å². The van der Waals surface area contributed by atoms with Crippen LogP contribution in [0.4, 0.5) is 5.82 Å². The number of nitrogens with one attached hydrogen (secondary N) is 1. The van der Waals surface area contributed by atoms with Gasteiger partial charge >= 0.3 is 0 Å². The highest BCUT2D eigenvalue weighted by atomic mass is 35.5. The molecule has 1 aromatic heterocycles. The summed E-state index contributed by atoms with van der Waals surface area (Å²) in [6, 6.07) is 9.06. The second-order valence-electron chi connectivity index (χ2n) is 6.25. The summed E-state index contributed by atoms with van der Waals surface area (Å²) < 4.78 is 5.61. The summed E-state index contributed by atoms with van der Waals surface area (Å²) in [5.41, 5.74) is 0.939. The van der Waals surface area contributed by atoms with Gasteiger partial charge in [0.25, 0.3) is 5.91 Å². The lowest BCUT2D eigenvalue weighted by atomic mass is 10.2. The molecule has 1 saturated heterocycles. The number of anilines is 1. The second-order valence-corrected chi connectivity index (χ2v) is 7.03. The van der Waals surface area contributed by atoms with Crippen LogP contribution in [-0.4, -0.2) is 30.1 Å². The number of benzene rings is 1. The largest absolute Gasteiger partial charge is 0.479 e. The summed E-state index contributed by atoms with van der Waals surface area (Å²) in [6.45, 7) is 4.18. The lowest BCUT2D eigenvalue weighted by molar-refractivity contribution is -0.127. The van der Waals surface area contributed by atoms with Gasteiger partial charge in [-0.25, -0.2) is 4.98 Å². The minimum Gasteiger partial charge on any atom is -0.479 e. The van der Waals surface area contributed by atoms with Crippen LogP contribution in [0.2, 0.25) is 10.0 Å². The number of carbonyl (C=O) groups is 1. The zero-order valence-electron chi connectivity index (χ0n) is 14.5. The molecule has 138 valence electrons. The molecule has 0 saturated carbocycles. The molecule has 7 heteroatoms. The molecule has 0 radical (unpaired) electrons. The first kappa shape index (κ1) is 18.8. The topological polar surface area (TPSA) is 54.5 Å². The van der Waals surface area contributed by atoms with Gasteiger partial charge in [0.1, 0.15) is 16.6 Å². The lowest BCUT2D eigenvalue weighted by Gasteiger charge is -2.17. The zero-order valence-corrected chi connectivity index (χ0v) is 16.1. The predicted octanol–water partition coefficient (Wildman–Crippen LogP) is 4.07. The van der Waals surface area contributed by atoms with Crippen molar-refractivity contribution in [2.24, 2.45) is 0 Å². The van der Waals surface area contributed by atoms with E-state index in [-0.39, 0.29) is 5.91 Å². The molecule has 0 unspecified atom stereocenters. The number of hydrogen-bond acceptors (Lipinski definition) is 4. The fraction of sp³-hybridized carbons (Fsp3) is 0.368. The molecule has 1 aliphatic rings. The molecule has 0 bridgehead atoms. The van der Waals surface area contributed by atoms with Crippen molar-refractivity contribution in [1.82, 2.24) is 10.3 Å². The highest BCUT2D eigenvalue weighted by molar-refractivity contribution is 6.42. The fourth-order valence-corrected chi connectivity index (χ4v) is 3.14. The van der Waals surface area contributed by atoms with Crippen LogP contribution in [0.1, 0.15) is 25.3 Å². The smallest absolute Gasteiger partial charge is 0.261 e. The van der Waals surface area contributed by atoms with E-state index in [9.17, 15) is 4.79 Å². The third kappa shape index (κ3) is 4.59. The number of ether oxygens (including phenoxy) is 1. The Bertz CT molecular complexity index is 762. The molecule has 2 aromatic rings. The second kappa shape index (κ2) is 8.60. The van der Waals surface area contributed by atoms with Gasteiger partial charge in [0, 0.05) is 25.8 Å². The number of hydrogen-bond donors (Lipinski definition) is 1. The Kier molecular flexibility index (Phi) is 6.22. The van der Waals surface area contributed by atoms with Gasteiger partial charge in [-0.05, 0) is 43.5 Å². The summed E-state index contributed by atoms with van der Waals surface area (Å²) in [5.74, 6) is 1.15. The quantitative estimate of drug-likeness (QED) is 0.803. The van der Waals surface area contributed by atoms with Gasteiger partial charge in [0.15, 0.2) is 6.10 Å². The summed E-state index contributed by atoms with van der Waals surface area (Å²) >= 11 is 12.0. The normalized spacial score (nSPS) is 15.0. The molecule has 0 spiro atoms. The van der Waals surface area contributed by atoms with E-state index in [1.54, 1.807) is 31.3 Å². The molecule has 1 amide bonds. The molecule has 1 fully saturated rings. The van der Waals surface area contributed by atoms with Gasteiger partial charge in [-0.2, -0.15) is 0 Å². The Morgan fingerprint density at radius 1 is 1.27 bits per heavy atom. The molecule has 5 nitrogen and oxygen atoms in total. The summed E-state index contributed by atoms with van der Waals surface area (Å²) in [7, 11) is 0. The first-order chi connectivity index (χ1) is 12.5. The molecule has 1 N–H and O–H groups in total. The third-order valence-corrected chi connectivity index (χ3v) is 5.10. The molecular weight excluding hydrogens is 373 g/mol. The van der Waals surface area contributed by atoms with Gasteiger partial charge in [-0.1, -0.05) is 35.3 Å². The van der Waals surface area contributed by atoms with Crippen molar-refractivity contribution in [2.75, 3.05) is 18.0 Å². The van der Waals surface area contributed by atoms with E-state index in [4.69, 9.17) is 27.9 Å². The van der Waals surface area contributed by atoms with Gasteiger partial charge in [0.05, 0.1) is 5.02 Å². The maximum atomic E-state index is 12.3. The molecular formula is C19H21Cl2N3O2. The average Bonchev–Trinajstić information content (AvgIpc) is 3.18. The van der Waals surface area contributed by atoms with E-state index in [1.807, 2.05) is 12.1 Å². The van der Waals surface area contributed by atoms with Gasteiger partial charge in [0.2, 0.25) is 0 Å². The number of amides is 1. The van der Waals surface area contributed by atoms with Crippen molar-refractivity contribution < 1.29 is 9.53 Å². The maximum Gasteiger partial charge on any atom is 0.261 e. The van der Waals surface area contributed by atoms with Crippen molar-refractivity contribution in [3.8, 4) is 5.75 Å². The Hall–Kier alpha value is -1.98. The Labute approximate surface area is 163 Å². The van der Waals surface area contributed by atoms with Crippen LogP contribution < -0.4 is 15.0 Å². The molecule has 1 atom stereocenters. The van der Waals surface area contributed by atoms with Gasteiger partial charge in [-0.3, -0.25) is 4.79 Å². The minimum atomic E-state index is -0.692. The Morgan fingerprint density at radius 2 is 2.04 bits per heavy atom. The van der Waals surface area contributed by atoms with E-state index in [1.165, 1.54) is 12.8 Å². The summed E-state index contributed by atoms with van der Waals surface area (Å²) in [5, 5.41) is 3.54. The third-order valence-electron chi connectivity index (χ3n) is 4.30. The summed E-state index contributed by atoms with van der Waals surface area (Å²) in [4.78, 5) is 19.0. The molecule has 0 aliphatic carbocycles. The first-order valence-corrected chi connectivity index (χ1v) is 9.38. The Morgan fingerprint density at radius 3 is 2.73 bits per heavy atom. The maximum absolute atomic E-state index is 12.3. The van der Waals surface area contributed by atoms with Crippen molar-refractivity contribution in [3.05, 3.63) is 52.1 Å². The average molecular weight is 394 g/mol. The van der Waals surface area contributed by atoms with E-state index >= 15 is 0 Å². The standard InChI is InChI=1S/C19H21Cl2N3O2/c1-13(26-16-6-4-5-15(20)18(16)21)19(25)23-12-14-7-8-17(22-11-14)24-9-2-3-10-24/h4-8,11,13H,2-3,9-10,12H2,1H3,(H,23,25)/t13-/m1/s1. The Balaban J connectivity index is 1.52. The van der Waals surface area contributed by atoms with Crippen LogP contribution in [0.15, 0.2) is 36.5 Å². The number of halogens is 2. The zero-order chi connectivity index (χ0) is 18.5. The van der Waals surface area contributed by atoms with Crippen molar-refractivity contribution in [3.63, 3.8) is 0 Å². The van der Waals surface area contributed by atoms with Crippen LogP contribution in [0.25, 0.3) is 0 Å². The van der Waals surface area contributed by atoms with Crippen LogP contribution >= 0.6 is 23.2 Å². The van der Waals surface area contributed by atoms with E-state index in [2.05, 4.69) is 15.2 Å². The predicted molar refractivity (Wildman–Crippen MR) is 104 cm³/mol. The van der Waals surface area contributed by atoms with E-state index in [0.717, 1.165) is 24.5 Å². The van der Waals surface area contributed by atoms with Crippen molar-refractivity contribution in [1.29, 1.82) is 0 Å². The number of rotatable bonds is 6. The van der Waals surface area contributed by atoms with Crippen molar-refractivity contribution in [2.45, 2.75) is 32.4 Å². The van der Waals surface area contributed by atoms with E-state index < -0.39 is 6.10 Å². The molecule has 3 rings (SSSR count). The molecule has 1 aromatic carbocycles. The number of aromatic nitrogens is 1. The number of pyridine rings is 1.